The van der Waals surface area contributed by atoms with E-state index in [1.165, 1.54) is 89.9 Å². The van der Waals surface area contributed by atoms with E-state index in [1.54, 1.807) is 0 Å². The van der Waals surface area contributed by atoms with E-state index in [9.17, 15) is 35.4 Å². The molecule has 8 atom stereocenters. The Morgan fingerprint density at radius 3 is 1.57 bits per heavy atom. The average molecular weight is 676 g/mol. The summed E-state index contributed by atoms with van der Waals surface area (Å²) in [5.41, 5.74) is 0. The highest BCUT2D eigenvalue weighted by molar-refractivity contribution is 5.76. The lowest BCUT2D eigenvalue weighted by Crippen LogP contribution is -2.60. The number of rotatable bonds is 31. The van der Waals surface area contributed by atoms with Gasteiger partial charge < -0.3 is 45.4 Å². The number of carbonyl (C=O) groups is 1. The summed E-state index contributed by atoms with van der Waals surface area (Å²) in [4.78, 5) is 12.9. The number of aliphatic hydroxyl groups is 6. The molecule has 1 amide bonds. The molecule has 10 heteroatoms. The van der Waals surface area contributed by atoms with Gasteiger partial charge in [-0.2, -0.15) is 0 Å². The topological polar surface area (TPSA) is 169 Å². The molecule has 0 aromatic carbocycles. The molecule has 0 aromatic heterocycles. The van der Waals surface area contributed by atoms with Gasteiger partial charge in [0.15, 0.2) is 6.29 Å². The zero-order valence-electron chi connectivity index (χ0n) is 29.9. The molecule has 1 fully saturated rings. The molecule has 0 spiro atoms. The second-order valence-corrected chi connectivity index (χ2v) is 13.9. The van der Waals surface area contributed by atoms with Gasteiger partial charge in [0.05, 0.1) is 25.4 Å². The number of amides is 1. The molecule has 0 aromatic rings. The van der Waals surface area contributed by atoms with E-state index in [4.69, 9.17) is 9.47 Å². The fourth-order valence-electron chi connectivity index (χ4n) is 6.31. The number of unbranched alkanes of at least 4 members (excludes halogenated alkanes) is 20. The smallest absolute Gasteiger partial charge is 0.220 e. The predicted octanol–water partition coefficient (Wildman–Crippen LogP) is 5.41. The fraction of sp³-hybridized carbons (Fsp3) is 0.973. The molecule has 0 saturated carbocycles. The van der Waals surface area contributed by atoms with E-state index < -0.39 is 55.6 Å². The van der Waals surface area contributed by atoms with Gasteiger partial charge in [-0.15, -0.1) is 0 Å². The lowest BCUT2D eigenvalue weighted by Gasteiger charge is -2.40. The monoisotopic (exact) mass is 676 g/mol. The molecular weight excluding hydrogens is 602 g/mol. The number of hydrogen-bond acceptors (Lipinski definition) is 9. The largest absolute Gasteiger partial charge is 0.394 e. The summed E-state index contributed by atoms with van der Waals surface area (Å²) in [6.45, 7) is 3.56. The Morgan fingerprint density at radius 1 is 0.660 bits per heavy atom. The van der Waals surface area contributed by atoms with Crippen LogP contribution in [0.4, 0.5) is 0 Å². The maximum absolute atomic E-state index is 12.9. The summed E-state index contributed by atoms with van der Waals surface area (Å²) in [7, 11) is 0. The molecule has 1 saturated heterocycles. The first kappa shape index (κ1) is 44.2. The zero-order chi connectivity index (χ0) is 34.7. The standard InChI is InChI=1S/C37H73NO9/c1-3-5-7-9-11-13-15-16-18-20-22-24-26-32(41)38-29(28-46-37-36(45)35(44)34(43)31(27-39)47-37)33(42)30(40)25-23-21-19-17-14-12-10-8-6-4-2/h29-31,33-37,39-40,42-45H,3-28H2,1-2H3,(H,38,41)/t29-,30+,31+,33-,34-,35?,36?,37+/m0/s1. The maximum atomic E-state index is 12.9. The van der Waals surface area contributed by atoms with E-state index in [0.29, 0.717) is 6.42 Å². The van der Waals surface area contributed by atoms with Crippen LogP contribution in [-0.4, -0.2) is 98.7 Å². The van der Waals surface area contributed by atoms with Gasteiger partial charge in [-0.25, -0.2) is 0 Å². The first-order valence-corrected chi connectivity index (χ1v) is 19.3. The Balaban J connectivity index is 2.50. The number of ether oxygens (including phenoxy) is 2. The first-order chi connectivity index (χ1) is 22.8. The van der Waals surface area contributed by atoms with Gasteiger partial charge in [-0.05, 0) is 12.8 Å². The normalized spacial score (nSPS) is 23.4. The molecule has 1 heterocycles. The minimum Gasteiger partial charge on any atom is -0.394 e. The van der Waals surface area contributed by atoms with Crippen LogP contribution in [0.1, 0.15) is 168 Å². The van der Waals surface area contributed by atoms with Crippen molar-refractivity contribution in [3.05, 3.63) is 0 Å². The van der Waals surface area contributed by atoms with Crippen molar-refractivity contribution in [1.82, 2.24) is 5.32 Å². The predicted molar refractivity (Wildman–Crippen MR) is 186 cm³/mol. The van der Waals surface area contributed by atoms with Crippen LogP contribution in [-0.2, 0) is 14.3 Å². The van der Waals surface area contributed by atoms with Crippen LogP contribution in [0.5, 0.6) is 0 Å². The lowest BCUT2D eigenvalue weighted by molar-refractivity contribution is -0.303. The number of nitrogens with one attached hydrogen (secondary N) is 1. The van der Waals surface area contributed by atoms with Gasteiger partial charge in [0.25, 0.3) is 0 Å². The maximum Gasteiger partial charge on any atom is 0.220 e. The van der Waals surface area contributed by atoms with E-state index in [-0.39, 0.29) is 18.9 Å². The second-order valence-electron chi connectivity index (χ2n) is 13.9. The molecule has 1 aliphatic rings. The van der Waals surface area contributed by atoms with Gasteiger partial charge in [0, 0.05) is 6.42 Å². The van der Waals surface area contributed by atoms with Gasteiger partial charge >= 0.3 is 0 Å². The van der Waals surface area contributed by atoms with Crippen molar-refractivity contribution in [3.8, 4) is 0 Å². The minimum absolute atomic E-state index is 0.260. The third kappa shape index (κ3) is 20.4. The van der Waals surface area contributed by atoms with Crippen LogP contribution in [0.3, 0.4) is 0 Å². The van der Waals surface area contributed by atoms with Crippen molar-refractivity contribution in [3.63, 3.8) is 0 Å². The molecule has 47 heavy (non-hydrogen) atoms. The second kappa shape index (κ2) is 28.9. The quantitative estimate of drug-likeness (QED) is 0.0475. The van der Waals surface area contributed by atoms with Crippen molar-refractivity contribution in [2.24, 2.45) is 0 Å². The van der Waals surface area contributed by atoms with Crippen LogP contribution in [0.25, 0.3) is 0 Å². The summed E-state index contributed by atoms with van der Waals surface area (Å²) in [5.74, 6) is -0.260. The van der Waals surface area contributed by atoms with E-state index in [2.05, 4.69) is 19.2 Å². The molecular formula is C37H73NO9. The lowest BCUT2D eigenvalue weighted by atomic mass is 9.98. The Hall–Kier alpha value is -0.850. The molecule has 7 N–H and O–H groups in total. The highest BCUT2D eigenvalue weighted by atomic mass is 16.7. The van der Waals surface area contributed by atoms with Gasteiger partial charge in [-0.1, -0.05) is 149 Å². The molecule has 1 rings (SSSR count). The summed E-state index contributed by atoms with van der Waals surface area (Å²) in [5, 5.41) is 64.7. The Labute approximate surface area is 286 Å². The van der Waals surface area contributed by atoms with Crippen LogP contribution in [0.15, 0.2) is 0 Å². The number of carbonyl (C=O) groups excluding carboxylic acids is 1. The first-order valence-electron chi connectivity index (χ1n) is 19.3. The summed E-state index contributed by atoms with van der Waals surface area (Å²) < 4.78 is 11.1. The SMILES string of the molecule is CCCCCCCCCCCCCCC(=O)N[C@@H](CO[C@@H]1O[C@H](CO)[C@H](O)C(O)C1O)[C@H](O)[C@H](O)CCCCCCCCCCCC. The van der Waals surface area contributed by atoms with Crippen LogP contribution < -0.4 is 5.32 Å². The molecule has 0 radical (unpaired) electrons. The highest BCUT2D eigenvalue weighted by Gasteiger charge is 2.44. The third-order valence-electron chi connectivity index (χ3n) is 9.55. The highest BCUT2D eigenvalue weighted by Crippen LogP contribution is 2.23. The molecule has 2 unspecified atom stereocenters. The van der Waals surface area contributed by atoms with Crippen molar-refractivity contribution in [2.75, 3.05) is 13.2 Å². The zero-order valence-corrected chi connectivity index (χ0v) is 29.9. The van der Waals surface area contributed by atoms with Crippen molar-refractivity contribution in [1.29, 1.82) is 0 Å². The van der Waals surface area contributed by atoms with Crippen molar-refractivity contribution >= 4 is 5.91 Å². The van der Waals surface area contributed by atoms with E-state index in [1.807, 2.05) is 0 Å². The summed E-state index contributed by atoms with van der Waals surface area (Å²) >= 11 is 0. The molecule has 0 aliphatic carbocycles. The average Bonchev–Trinajstić information content (AvgIpc) is 3.07. The van der Waals surface area contributed by atoms with Gasteiger partial charge in [-0.3, -0.25) is 4.79 Å². The molecule has 1 aliphatic heterocycles. The third-order valence-corrected chi connectivity index (χ3v) is 9.55. The van der Waals surface area contributed by atoms with Gasteiger partial charge in [0.1, 0.15) is 30.5 Å². The Morgan fingerprint density at radius 2 is 1.11 bits per heavy atom. The van der Waals surface area contributed by atoms with E-state index >= 15 is 0 Å². The minimum atomic E-state index is -1.60. The molecule has 10 nitrogen and oxygen atoms in total. The van der Waals surface area contributed by atoms with Crippen molar-refractivity contribution < 1.29 is 44.9 Å². The molecule has 280 valence electrons. The summed E-state index contributed by atoms with van der Waals surface area (Å²) in [6, 6.07) is -0.981. The van der Waals surface area contributed by atoms with Crippen molar-refractivity contribution in [2.45, 2.75) is 217 Å². The van der Waals surface area contributed by atoms with Gasteiger partial charge in [0.2, 0.25) is 5.91 Å². The van der Waals surface area contributed by atoms with Crippen LogP contribution >= 0.6 is 0 Å². The summed E-state index contributed by atoms with van der Waals surface area (Å²) in [6.07, 6.45) is 16.9. The Bertz CT molecular complexity index is 728. The van der Waals surface area contributed by atoms with Crippen LogP contribution in [0, 0.1) is 0 Å². The number of hydrogen-bond donors (Lipinski definition) is 7. The fourth-order valence-corrected chi connectivity index (χ4v) is 6.31. The number of aliphatic hydroxyl groups excluding tert-OH is 6. The van der Waals surface area contributed by atoms with Crippen LogP contribution in [0.2, 0.25) is 0 Å². The Kier molecular flexibility index (Phi) is 27.2. The van der Waals surface area contributed by atoms with E-state index in [0.717, 1.165) is 51.4 Å². The molecule has 0 bridgehead atoms.